The molecule has 3 heterocycles. The van der Waals surface area contributed by atoms with Crippen LogP contribution in [0.2, 0.25) is 5.02 Å². The van der Waals surface area contributed by atoms with E-state index in [4.69, 9.17) is 11.6 Å². The summed E-state index contributed by atoms with van der Waals surface area (Å²) >= 11 is 6.16. The molecule has 1 unspecified atom stereocenters. The van der Waals surface area contributed by atoms with E-state index in [0.717, 1.165) is 36.5 Å². The highest BCUT2D eigenvalue weighted by Gasteiger charge is 2.27. The van der Waals surface area contributed by atoms with Crippen LogP contribution in [0.15, 0.2) is 43.2 Å². The Bertz CT molecular complexity index is 976. The van der Waals surface area contributed by atoms with Gasteiger partial charge < -0.3 is 10.2 Å². The van der Waals surface area contributed by atoms with Crippen molar-refractivity contribution in [3.63, 3.8) is 0 Å². The van der Waals surface area contributed by atoms with Gasteiger partial charge in [0.25, 0.3) is 0 Å². The number of carbonyl (C=O) groups excluding carboxylic acids is 1. The van der Waals surface area contributed by atoms with Crippen LogP contribution >= 0.6 is 11.6 Å². The van der Waals surface area contributed by atoms with Crippen LogP contribution in [0.4, 0.5) is 11.5 Å². The van der Waals surface area contributed by atoms with Crippen LogP contribution in [0.5, 0.6) is 0 Å². The lowest BCUT2D eigenvalue weighted by molar-refractivity contribution is -0.120. The third kappa shape index (κ3) is 3.82. The van der Waals surface area contributed by atoms with Gasteiger partial charge in [0.1, 0.15) is 24.8 Å². The number of nitrogens with zero attached hydrogens (tertiary/aromatic N) is 6. The smallest absolute Gasteiger partial charge is 0.229 e. The number of aromatic nitrogens is 5. The first-order valence-corrected chi connectivity index (χ1v) is 9.47. The van der Waals surface area contributed by atoms with Crippen LogP contribution in [0.3, 0.4) is 0 Å². The summed E-state index contributed by atoms with van der Waals surface area (Å²) in [6, 6.07) is 7.38. The van der Waals surface area contributed by atoms with Crippen molar-refractivity contribution in [1.29, 1.82) is 0 Å². The van der Waals surface area contributed by atoms with Crippen molar-refractivity contribution >= 4 is 29.0 Å². The van der Waals surface area contributed by atoms with Crippen molar-refractivity contribution < 1.29 is 4.79 Å². The van der Waals surface area contributed by atoms with Gasteiger partial charge in [-0.25, -0.2) is 19.6 Å². The minimum atomic E-state index is -0.128. The van der Waals surface area contributed by atoms with Gasteiger partial charge in [-0.05, 0) is 37.5 Å². The Hall–Kier alpha value is -3.00. The Morgan fingerprint density at radius 3 is 2.93 bits per heavy atom. The molecule has 1 aromatic carbocycles. The van der Waals surface area contributed by atoms with Gasteiger partial charge in [-0.3, -0.25) is 4.79 Å². The fraction of sp³-hybridized carbons (Fsp3) is 0.316. The Kier molecular flexibility index (Phi) is 5.21. The number of hydrogen-bond donors (Lipinski definition) is 1. The second-order valence-electron chi connectivity index (χ2n) is 6.76. The van der Waals surface area contributed by atoms with Gasteiger partial charge in [-0.1, -0.05) is 17.7 Å². The molecular weight excluding hydrogens is 378 g/mol. The first kappa shape index (κ1) is 18.4. The molecule has 0 spiro atoms. The number of rotatable bonds is 4. The minimum Gasteiger partial charge on any atom is -0.356 e. The molecule has 3 aromatic rings. The average Bonchev–Trinajstić information content (AvgIpc) is 3.27. The Morgan fingerprint density at radius 2 is 2.11 bits per heavy atom. The summed E-state index contributed by atoms with van der Waals surface area (Å²) < 4.78 is 1.58. The van der Waals surface area contributed by atoms with Gasteiger partial charge in [0.2, 0.25) is 5.91 Å². The Morgan fingerprint density at radius 1 is 1.25 bits per heavy atom. The summed E-state index contributed by atoms with van der Waals surface area (Å²) in [5, 5.41) is 7.76. The molecule has 1 fully saturated rings. The molecule has 2 aromatic heterocycles. The number of piperidine rings is 1. The van der Waals surface area contributed by atoms with Crippen molar-refractivity contribution in [2.24, 2.45) is 5.92 Å². The topological polar surface area (TPSA) is 88.8 Å². The maximum Gasteiger partial charge on any atom is 0.229 e. The minimum absolute atomic E-state index is 0.000576. The highest BCUT2D eigenvalue weighted by atomic mass is 35.5. The zero-order valence-corrected chi connectivity index (χ0v) is 16.2. The number of benzene rings is 1. The molecule has 8 nitrogen and oxygen atoms in total. The lowest BCUT2D eigenvalue weighted by Gasteiger charge is -2.33. The standard InChI is InChI=1S/C19H20ClN7O/c1-13-15(20)5-2-6-16(13)25-19(28)14-4-3-7-26(9-14)17-8-18(23-11-22-17)27-12-21-10-24-27/h2,5-6,8,10-12,14H,3-4,7,9H2,1H3,(H,25,28). The van der Waals surface area contributed by atoms with E-state index in [0.29, 0.717) is 17.4 Å². The lowest BCUT2D eigenvalue weighted by Crippen LogP contribution is -2.41. The molecule has 1 amide bonds. The van der Waals surface area contributed by atoms with Crippen molar-refractivity contribution in [2.75, 3.05) is 23.3 Å². The summed E-state index contributed by atoms with van der Waals surface area (Å²) in [4.78, 5) is 27.5. The summed E-state index contributed by atoms with van der Waals surface area (Å²) in [6.07, 6.45) is 6.30. The number of anilines is 2. The van der Waals surface area contributed by atoms with Crippen LogP contribution in [-0.4, -0.2) is 43.7 Å². The molecule has 1 aliphatic heterocycles. The van der Waals surface area contributed by atoms with Gasteiger partial charge in [0.15, 0.2) is 5.82 Å². The number of carbonyl (C=O) groups is 1. The summed E-state index contributed by atoms with van der Waals surface area (Å²) in [7, 11) is 0. The number of halogens is 1. The zero-order valence-electron chi connectivity index (χ0n) is 15.4. The van der Waals surface area contributed by atoms with Crippen LogP contribution in [0.25, 0.3) is 5.82 Å². The van der Waals surface area contributed by atoms with Crippen LogP contribution in [0.1, 0.15) is 18.4 Å². The molecule has 1 atom stereocenters. The van der Waals surface area contributed by atoms with E-state index >= 15 is 0 Å². The number of hydrogen-bond acceptors (Lipinski definition) is 6. The van der Waals surface area contributed by atoms with E-state index in [9.17, 15) is 4.79 Å². The van der Waals surface area contributed by atoms with Crippen LogP contribution in [-0.2, 0) is 4.79 Å². The maximum atomic E-state index is 12.8. The molecule has 0 bridgehead atoms. The highest BCUT2D eigenvalue weighted by molar-refractivity contribution is 6.31. The summed E-state index contributed by atoms with van der Waals surface area (Å²) in [5.74, 6) is 1.29. The van der Waals surface area contributed by atoms with E-state index in [1.54, 1.807) is 11.0 Å². The second kappa shape index (κ2) is 7.93. The zero-order chi connectivity index (χ0) is 19.5. The van der Waals surface area contributed by atoms with Gasteiger partial charge in [0, 0.05) is 29.9 Å². The van der Waals surface area contributed by atoms with E-state index in [-0.39, 0.29) is 11.8 Å². The first-order chi connectivity index (χ1) is 13.6. The maximum absolute atomic E-state index is 12.8. The molecule has 0 saturated carbocycles. The third-order valence-corrected chi connectivity index (χ3v) is 5.34. The quantitative estimate of drug-likeness (QED) is 0.728. The molecule has 1 aliphatic rings. The molecule has 1 N–H and O–H groups in total. The van der Waals surface area contributed by atoms with Gasteiger partial charge >= 0.3 is 0 Å². The summed E-state index contributed by atoms with van der Waals surface area (Å²) in [5.41, 5.74) is 1.63. The molecule has 0 aliphatic carbocycles. The van der Waals surface area contributed by atoms with Crippen LogP contribution in [0, 0.1) is 12.8 Å². The predicted molar refractivity (Wildman–Crippen MR) is 107 cm³/mol. The fourth-order valence-electron chi connectivity index (χ4n) is 3.34. The van der Waals surface area contributed by atoms with Crippen molar-refractivity contribution in [2.45, 2.75) is 19.8 Å². The van der Waals surface area contributed by atoms with E-state index in [1.165, 1.54) is 12.7 Å². The Labute approximate surface area is 167 Å². The normalized spacial score (nSPS) is 16.8. The predicted octanol–water partition coefficient (Wildman–Crippen LogP) is 2.87. The average molecular weight is 398 g/mol. The van der Waals surface area contributed by atoms with Crippen molar-refractivity contribution in [3.8, 4) is 5.82 Å². The number of nitrogens with one attached hydrogen (secondary N) is 1. The van der Waals surface area contributed by atoms with Crippen molar-refractivity contribution in [1.82, 2.24) is 24.7 Å². The fourth-order valence-corrected chi connectivity index (χ4v) is 3.51. The van der Waals surface area contributed by atoms with Gasteiger partial charge in [-0.15, -0.1) is 0 Å². The number of amides is 1. The van der Waals surface area contributed by atoms with E-state index < -0.39 is 0 Å². The SMILES string of the molecule is Cc1c(Cl)cccc1NC(=O)C1CCCN(c2cc(-n3cncn3)ncn2)C1. The third-order valence-electron chi connectivity index (χ3n) is 4.93. The van der Waals surface area contributed by atoms with Crippen molar-refractivity contribution in [3.05, 3.63) is 53.8 Å². The van der Waals surface area contributed by atoms with E-state index in [2.05, 4.69) is 30.3 Å². The monoisotopic (exact) mass is 397 g/mol. The lowest BCUT2D eigenvalue weighted by atomic mass is 9.97. The Balaban J connectivity index is 1.48. The van der Waals surface area contributed by atoms with Gasteiger partial charge in [0.05, 0.1) is 5.92 Å². The molecule has 4 rings (SSSR count). The highest BCUT2D eigenvalue weighted by Crippen LogP contribution is 2.26. The molecule has 9 heteroatoms. The molecule has 144 valence electrons. The van der Waals surface area contributed by atoms with Gasteiger partial charge in [-0.2, -0.15) is 5.10 Å². The van der Waals surface area contributed by atoms with Crippen LogP contribution < -0.4 is 10.2 Å². The molecule has 1 saturated heterocycles. The van der Waals surface area contributed by atoms with E-state index in [1.807, 2.05) is 31.2 Å². The molecule has 28 heavy (non-hydrogen) atoms. The first-order valence-electron chi connectivity index (χ1n) is 9.10. The summed E-state index contributed by atoms with van der Waals surface area (Å²) in [6.45, 7) is 3.34. The molecule has 0 radical (unpaired) electrons. The molecular formula is C19H20ClN7O. The second-order valence-corrected chi connectivity index (χ2v) is 7.17. The largest absolute Gasteiger partial charge is 0.356 e.